The molecule has 1 aromatic rings. The Labute approximate surface area is 126 Å². The molecule has 0 amide bonds. The van der Waals surface area contributed by atoms with Crippen LogP contribution < -0.4 is 10.1 Å². The Bertz CT molecular complexity index is 411. The van der Waals surface area contributed by atoms with E-state index in [1.165, 1.54) is 17.5 Å². The van der Waals surface area contributed by atoms with Crippen molar-refractivity contribution in [2.24, 2.45) is 0 Å². The summed E-state index contributed by atoms with van der Waals surface area (Å²) >= 11 is 1.92. The second kappa shape index (κ2) is 8.55. The van der Waals surface area contributed by atoms with Crippen molar-refractivity contribution in [1.82, 2.24) is 5.32 Å². The molecule has 1 unspecified atom stereocenters. The number of aliphatic hydroxyl groups excluding tert-OH is 1. The van der Waals surface area contributed by atoms with Crippen LogP contribution in [0.5, 0.6) is 5.75 Å². The van der Waals surface area contributed by atoms with Crippen LogP contribution in [0.1, 0.15) is 24.0 Å². The third-order valence-electron chi connectivity index (χ3n) is 3.77. The van der Waals surface area contributed by atoms with Crippen LogP contribution in [0.25, 0.3) is 0 Å². The number of methoxy groups -OCH3 is 1. The number of thioether (sulfide) groups is 1. The van der Waals surface area contributed by atoms with Gasteiger partial charge in [-0.25, -0.2) is 0 Å². The summed E-state index contributed by atoms with van der Waals surface area (Å²) < 4.78 is 5.31. The Balaban J connectivity index is 1.73. The van der Waals surface area contributed by atoms with Gasteiger partial charge in [0.05, 0.1) is 7.11 Å². The highest BCUT2D eigenvalue weighted by atomic mass is 32.2. The van der Waals surface area contributed by atoms with E-state index in [9.17, 15) is 0 Å². The lowest BCUT2D eigenvalue weighted by Gasteiger charge is -2.26. The molecule has 0 spiro atoms. The fraction of sp³-hybridized carbons (Fsp3) is 0.625. The second-order valence-corrected chi connectivity index (χ2v) is 6.44. The van der Waals surface area contributed by atoms with E-state index in [4.69, 9.17) is 9.84 Å². The number of hydrogen-bond donors (Lipinski definition) is 2. The van der Waals surface area contributed by atoms with Gasteiger partial charge < -0.3 is 15.2 Å². The zero-order valence-electron chi connectivity index (χ0n) is 12.2. The first-order valence-corrected chi connectivity index (χ1v) is 8.56. The molecule has 0 saturated heterocycles. The molecule has 3 nitrogen and oxygen atoms in total. The number of hydrogen-bond acceptors (Lipinski definition) is 4. The summed E-state index contributed by atoms with van der Waals surface area (Å²) in [6, 6.07) is 7.03. The molecule has 1 aliphatic carbocycles. The van der Waals surface area contributed by atoms with Crippen LogP contribution in [0.2, 0.25) is 0 Å². The second-order valence-electron chi connectivity index (χ2n) is 5.22. The number of aryl methyl sites for hydroxylation is 1. The number of aliphatic hydroxyl groups is 1. The molecule has 0 bridgehead atoms. The largest absolute Gasteiger partial charge is 0.497 e. The molecular formula is C16H25NO2S. The number of fused-ring (bicyclic) bond motifs is 1. The standard InChI is InChI=1S/C16H25NO2S/c1-19-16-6-4-13-3-5-15(11-14(13)12-16)17-7-10-20-9-2-8-18/h4,6,12,15,17-18H,2-3,5,7-11H2,1H3. The van der Waals surface area contributed by atoms with Crippen LogP contribution in [0.3, 0.4) is 0 Å². The van der Waals surface area contributed by atoms with Crippen LogP contribution in [-0.2, 0) is 12.8 Å². The molecule has 1 atom stereocenters. The molecule has 0 aliphatic heterocycles. The molecule has 0 radical (unpaired) electrons. The zero-order valence-corrected chi connectivity index (χ0v) is 13.0. The van der Waals surface area contributed by atoms with E-state index in [2.05, 4.69) is 23.5 Å². The molecule has 1 aliphatic rings. The van der Waals surface area contributed by atoms with Gasteiger partial charge in [0, 0.05) is 24.9 Å². The van der Waals surface area contributed by atoms with E-state index in [0.29, 0.717) is 12.6 Å². The van der Waals surface area contributed by atoms with Gasteiger partial charge in [0.15, 0.2) is 0 Å². The first kappa shape index (κ1) is 15.7. The minimum Gasteiger partial charge on any atom is -0.497 e. The summed E-state index contributed by atoms with van der Waals surface area (Å²) in [5, 5.41) is 12.4. The fourth-order valence-electron chi connectivity index (χ4n) is 2.64. The van der Waals surface area contributed by atoms with Gasteiger partial charge in [-0.1, -0.05) is 6.07 Å². The maximum Gasteiger partial charge on any atom is 0.119 e. The molecule has 1 aromatic carbocycles. The molecule has 0 aromatic heterocycles. The van der Waals surface area contributed by atoms with Gasteiger partial charge in [0.25, 0.3) is 0 Å². The molecule has 0 fully saturated rings. The zero-order chi connectivity index (χ0) is 14.2. The van der Waals surface area contributed by atoms with Gasteiger partial charge in [-0.15, -0.1) is 0 Å². The summed E-state index contributed by atoms with van der Waals surface area (Å²) in [6.07, 6.45) is 4.39. The van der Waals surface area contributed by atoms with Crippen molar-refractivity contribution in [2.75, 3.05) is 31.8 Å². The highest BCUT2D eigenvalue weighted by Gasteiger charge is 2.18. The summed E-state index contributed by atoms with van der Waals surface area (Å²) in [5.74, 6) is 3.15. The highest BCUT2D eigenvalue weighted by Crippen LogP contribution is 2.25. The molecular weight excluding hydrogens is 270 g/mol. The molecule has 20 heavy (non-hydrogen) atoms. The minimum absolute atomic E-state index is 0.307. The average Bonchev–Trinajstić information content (AvgIpc) is 2.50. The van der Waals surface area contributed by atoms with Gasteiger partial charge in [-0.2, -0.15) is 11.8 Å². The Morgan fingerprint density at radius 1 is 1.35 bits per heavy atom. The molecule has 0 saturated carbocycles. The summed E-state index contributed by atoms with van der Waals surface area (Å²) in [5.41, 5.74) is 2.90. The van der Waals surface area contributed by atoms with Crippen LogP contribution in [0, 0.1) is 0 Å². The van der Waals surface area contributed by atoms with Crippen LogP contribution >= 0.6 is 11.8 Å². The normalized spacial score (nSPS) is 17.8. The maximum absolute atomic E-state index is 8.72. The third-order valence-corrected chi connectivity index (χ3v) is 4.84. The van der Waals surface area contributed by atoms with Crippen molar-refractivity contribution >= 4 is 11.8 Å². The summed E-state index contributed by atoms with van der Waals surface area (Å²) in [7, 11) is 1.73. The smallest absolute Gasteiger partial charge is 0.119 e. The topological polar surface area (TPSA) is 41.5 Å². The Kier molecular flexibility index (Phi) is 6.70. The molecule has 0 heterocycles. The van der Waals surface area contributed by atoms with Gasteiger partial charge in [0.1, 0.15) is 5.75 Å². The summed E-state index contributed by atoms with van der Waals surface area (Å²) in [4.78, 5) is 0. The number of benzene rings is 1. The minimum atomic E-state index is 0.307. The number of nitrogens with one attached hydrogen (secondary N) is 1. The van der Waals surface area contributed by atoms with E-state index in [1.807, 2.05) is 11.8 Å². The van der Waals surface area contributed by atoms with E-state index < -0.39 is 0 Å². The van der Waals surface area contributed by atoms with Crippen molar-refractivity contribution < 1.29 is 9.84 Å². The van der Waals surface area contributed by atoms with E-state index in [1.54, 1.807) is 7.11 Å². The van der Waals surface area contributed by atoms with Crippen molar-refractivity contribution in [2.45, 2.75) is 31.7 Å². The van der Waals surface area contributed by atoms with Crippen molar-refractivity contribution in [3.63, 3.8) is 0 Å². The average molecular weight is 295 g/mol. The SMILES string of the molecule is COc1ccc2c(c1)CC(NCCSCCCO)CC2. The van der Waals surface area contributed by atoms with Crippen molar-refractivity contribution in [3.05, 3.63) is 29.3 Å². The lowest BCUT2D eigenvalue weighted by molar-refractivity contribution is 0.296. The predicted octanol–water partition coefficient (Wildman–Crippen LogP) is 2.26. The maximum atomic E-state index is 8.72. The summed E-state index contributed by atoms with van der Waals surface area (Å²) in [6.45, 7) is 1.36. The van der Waals surface area contributed by atoms with Gasteiger partial charge >= 0.3 is 0 Å². The van der Waals surface area contributed by atoms with E-state index in [-0.39, 0.29) is 0 Å². The van der Waals surface area contributed by atoms with Crippen molar-refractivity contribution in [3.8, 4) is 5.75 Å². The van der Waals surface area contributed by atoms with Crippen molar-refractivity contribution in [1.29, 1.82) is 0 Å². The Morgan fingerprint density at radius 3 is 3.05 bits per heavy atom. The first-order chi connectivity index (χ1) is 9.83. The Morgan fingerprint density at radius 2 is 2.25 bits per heavy atom. The first-order valence-electron chi connectivity index (χ1n) is 7.41. The van der Waals surface area contributed by atoms with Crippen LogP contribution in [0.15, 0.2) is 18.2 Å². The van der Waals surface area contributed by atoms with Gasteiger partial charge in [0.2, 0.25) is 0 Å². The van der Waals surface area contributed by atoms with Crippen LogP contribution in [0.4, 0.5) is 0 Å². The number of rotatable bonds is 8. The highest BCUT2D eigenvalue weighted by molar-refractivity contribution is 7.99. The number of ether oxygens (including phenoxy) is 1. The van der Waals surface area contributed by atoms with Gasteiger partial charge in [-0.05, 0) is 54.7 Å². The predicted molar refractivity (Wildman–Crippen MR) is 85.8 cm³/mol. The van der Waals surface area contributed by atoms with E-state index in [0.717, 1.165) is 43.1 Å². The van der Waals surface area contributed by atoms with E-state index >= 15 is 0 Å². The molecule has 2 rings (SSSR count). The quantitative estimate of drug-likeness (QED) is 0.722. The lowest BCUT2D eigenvalue weighted by Crippen LogP contribution is -2.35. The lowest BCUT2D eigenvalue weighted by atomic mass is 9.88. The third kappa shape index (κ3) is 4.69. The monoisotopic (exact) mass is 295 g/mol. The molecule has 112 valence electrons. The Hall–Kier alpha value is -0.710. The molecule has 2 N–H and O–H groups in total. The van der Waals surface area contributed by atoms with Gasteiger partial charge in [-0.3, -0.25) is 0 Å². The van der Waals surface area contributed by atoms with Crippen LogP contribution in [-0.4, -0.2) is 42.9 Å². The fourth-order valence-corrected chi connectivity index (χ4v) is 3.44. The molecule has 4 heteroatoms.